The summed E-state index contributed by atoms with van der Waals surface area (Å²) in [6.45, 7) is 7.02. The summed E-state index contributed by atoms with van der Waals surface area (Å²) >= 11 is 0. The molecule has 3 aromatic rings. The van der Waals surface area contributed by atoms with E-state index in [1.165, 1.54) is 0 Å². The van der Waals surface area contributed by atoms with E-state index < -0.39 is 0 Å². The Morgan fingerprint density at radius 1 is 1.00 bits per heavy atom. The average molecular weight is 360 g/mol. The number of anilines is 2. The van der Waals surface area contributed by atoms with Crippen molar-refractivity contribution in [3.05, 3.63) is 83.2 Å². The van der Waals surface area contributed by atoms with Crippen molar-refractivity contribution >= 4 is 17.5 Å². The van der Waals surface area contributed by atoms with Crippen molar-refractivity contribution in [2.45, 2.75) is 27.3 Å². The molecule has 5 nitrogen and oxygen atoms in total. The fourth-order valence-corrected chi connectivity index (χ4v) is 2.86. The van der Waals surface area contributed by atoms with Crippen LogP contribution in [0.1, 0.15) is 34.2 Å². The molecule has 3 rings (SSSR count). The Morgan fingerprint density at radius 3 is 2.41 bits per heavy atom. The molecule has 1 N–H and O–H groups in total. The standard InChI is InChI=1S/C22H24N4O/c1-4-26(15-18-11-6-5-7-12-18)21(27)20-14-17(3)23-22(25-20)24-19-13-9-8-10-16(19)2/h5-14H,4,15H2,1-3H3,(H,23,24,25). The summed E-state index contributed by atoms with van der Waals surface area (Å²) < 4.78 is 0. The maximum atomic E-state index is 13.0. The summed E-state index contributed by atoms with van der Waals surface area (Å²) in [5.74, 6) is 0.336. The van der Waals surface area contributed by atoms with Crippen molar-refractivity contribution in [1.82, 2.24) is 14.9 Å². The third-order valence-electron chi connectivity index (χ3n) is 4.35. The molecule has 2 aromatic carbocycles. The third-order valence-corrected chi connectivity index (χ3v) is 4.35. The van der Waals surface area contributed by atoms with E-state index in [0.717, 1.165) is 22.5 Å². The van der Waals surface area contributed by atoms with Crippen LogP contribution in [0.2, 0.25) is 0 Å². The summed E-state index contributed by atoms with van der Waals surface area (Å²) in [6, 6.07) is 19.6. The average Bonchev–Trinajstić information content (AvgIpc) is 2.68. The van der Waals surface area contributed by atoms with E-state index >= 15 is 0 Å². The number of hydrogen-bond acceptors (Lipinski definition) is 4. The number of nitrogens with one attached hydrogen (secondary N) is 1. The van der Waals surface area contributed by atoms with Crippen LogP contribution in [0.25, 0.3) is 0 Å². The summed E-state index contributed by atoms with van der Waals surface area (Å²) in [7, 11) is 0. The Balaban J connectivity index is 1.83. The first-order chi connectivity index (χ1) is 13.1. The normalized spacial score (nSPS) is 10.5. The Morgan fingerprint density at radius 2 is 1.70 bits per heavy atom. The van der Waals surface area contributed by atoms with Crippen molar-refractivity contribution in [2.24, 2.45) is 0 Å². The zero-order valence-electron chi connectivity index (χ0n) is 15.9. The van der Waals surface area contributed by atoms with E-state index in [1.54, 1.807) is 11.0 Å². The van der Waals surface area contributed by atoms with Gasteiger partial charge in [-0.3, -0.25) is 4.79 Å². The molecule has 5 heteroatoms. The summed E-state index contributed by atoms with van der Waals surface area (Å²) in [5.41, 5.74) is 4.26. The van der Waals surface area contributed by atoms with Crippen LogP contribution >= 0.6 is 0 Å². The maximum absolute atomic E-state index is 13.0. The second kappa shape index (κ2) is 8.45. The number of para-hydroxylation sites is 1. The molecule has 0 fully saturated rings. The van der Waals surface area contributed by atoms with Crippen LogP contribution in [-0.2, 0) is 6.54 Å². The fraction of sp³-hybridized carbons (Fsp3) is 0.227. The first kappa shape index (κ1) is 18.6. The number of hydrogen-bond donors (Lipinski definition) is 1. The van der Waals surface area contributed by atoms with Crippen LogP contribution < -0.4 is 5.32 Å². The van der Waals surface area contributed by atoms with Crippen LogP contribution in [0.5, 0.6) is 0 Å². The molecule has 0 saturated carbocycles. The minimum absolute atomic E-state index is 0.0975. The largest absolute Gasteiger partial charge is 0.333 e. The van der Waals surface area contributed by atoms with Gasteiger partial charge in [-0.1, -0.05) is 48.5 Å². The van der Waals surface area contributed by atoms with Crippen LogP contribution in [0, 0.1) is 13.8 Å². The van der Waals surface area contributed by atoms with Gasteiger partial charge in [0, 0.05) is 24.5 Å². The molecule has 0 saturated heterocycles. The minimum atomic E-state index is -0.0975. The zero-order valence-corrected chi connectivity index (χ0v) is 15.9. The van der Waals surface area contributed by atoms with E-state index in [4.69, 9.17) is 0 Å². The fourth-order valence-electron chi connectivity index (χ4n) is 2.86. The van der Waals surface area contributed by atoms with Gasteiger partial charge in [-0.15, -0.1) is 0 Å². The van der Waals surface area contributed by atoms with Crippen LogP contribution in [0.4, 0.5) is 11.6 Å². The quantitative estimate of drug-likeness (QED) is 0.703. The minimum Gasteiger partial charge on any atom is -0.333 e. The molecule has 0 aliphatic carbocycles. The predicted octanol–water partition coefficient (Wildman–Crippen LogP) is 4.50. The van der Waals surface area contributed by atoms with Gasteiger partial charge in [0.05, 0.1) is 0 Å². The molecule has 1 amide bonds. The van der Waals surface area contributed by atoms with Crippen molar-refractivity contribution in [3.63, 3.8) is 0 Å². The molecule has 0 bridgehead atoms. The summed E-state index contributed by atoms with van der Waals surface area (Å²) in [6.07, 6.45) is 0. The lowest BCUT2D eigenvalue weighted by Gasteiger charge is -2.21. The molecule has 0 radical (unpaired) electrons. The smallest absolute Gasteiger partial charge is 0.272 e. The molecular formula is C22H24N4O. The first-order valence-electron chi connectivity index (χ1n) is 9.08. The lowest BCUT2D eigenvalue weighted by Crippen LogP contribution is -2.31. The number of amides is 1. The highest BCUT2D eigenvalue weighted by atomic mass is 16.2. The van der Waals surface area contributed by atoms with E-state index in [0.29, 0.717) is 24.7 Å². The monoisotopic (exact) mass is 360 g/mol. The number of carbonyl (C=O) groups excluding carboxylic acids is 1. The first-order valence-corrected chi connectivity index (χ1v) is 9.08. The van der Waals surface area contributed by atoms with Crippen LogP contribution in [-0.4, -0.2) is 27.3 Å². The number of nitrogens with zero attached hydrogens (tertiary/aromatic N) is 3. The molecule has 1 heterocycles. The van der Waals surface area contributed by atoms with Crippen molar-refractivity contribution in [1.29, 1.82) is 0 Å². The van der Waals surface area contributed by atoms with Crippen LogP contribution in [0.3, 0.4) is 0 Å². The predicted molar refractivity (Wildman–Crippen MR) is 108 cm³/mol. The lowest BCUT2D eigenvalue weighted by atomic mass is 10.2. The number of aromatic nitrogens is 2. The number of carbonyl (C=O) groups is 1. The molecule has 0 atom stereocenters. The van der Waals surface area contributed by atoms with Crippen LogP contribution in [0.15, 0.2) is 60.7 Å². The lowest BCUT2D eigenvalue weighted by molar-refractivity contribution is 0.0746. The summed E-state index contributed by atoms with van der Waals surface area (Å²) in [4.78, 5) is 23.7. The molecule has 138 valence electrons. The van der Waals surface area contributed by atoms with Gasteiger partial charge in [-0.25, -0.2) is 9.97 Å². The SMILES string of the molecule is CCN(Cc1ccccc1)C(=O)c1cc(C)nc(Nc2ccccc2C)n1. The highest BCUT2D eigenvalue weighted by molar-refractivity contribution is 5.92. The third kappa shape index (κ3) is 4.70. The topological polar surface area (TPSA) is 58.1 Å². The molecule has 0 aliphatic heterocycles. The number of rotatable bonds is 6. The highest BCUT2D eigenvalue weighted by Crippen LogP contribution is 2.18. The van der Waals surface area contributed by atoms with Crippen molar-refractivity contribution in [3.8, 4) is 0 Å². The van der Waals surface area contributed by atoms with E-state index in [-0.39, 0.29) is 5.91 Å². The maximum Gasteiger partial charge on any atom is 0.272 e. The van der Waals surface area contributed by atoms with Gasteiger partial charge in [-0.2, -0.15) is 0 Å². The van der Waals surface area contributed by atoms with Crippen molar-refractivity contribution < 1.29 is 4.79 Å². The van der Waals surface area contributed by atoms with Gasteiger partial charge in [0.1, 0.15) is 5.69 Å². The van der Waals surface area contributed by atoms with Gasteiger partial charge < -0.3 is 10.2 Å². The molecule has 27 heavy (non-hydrogen) atoms. The van der Waals surface area contributed by atoms with Gasteiger partial charge >= 0.3 is 0 Å². The Hall–Kier alpha value is -3.21. The van der Waals surface area contributed by atoms with Crippen molar-refractivity contribution in [2.75, 3.05) is 11.9 Å². The van der Waals surface area contributed by atoms with Gasteiger partial charge in [0.15, 0.2) is 0 Å². The number of benzene rings is 2. The molecule has 1 aromatic heterocycles. The van der Waals surface area contributed by atoms with Gasteiger partial charge in [0.25, 0.3) is 5.91 Å². The van der Waals surface area contributed by atoms with Gasteiger partial charge in [-0.05, 0) is 44.0 Å². The van der Waals surface area contributed by atoms with E-state index in [9.17, 15) is 4.79 Å². The highest BCUT2D eigenvalue weighted by Gasteiger charge is 2.18. The van der Waals surface area contributed by atoms with E-state index in [2.05, 4.69) is 15.3 Å². The Labute approximate surface area is 160 Å². The summed E-state index contributed by atoms with van der Waals surface area (Å²) in [5, 5.41) is 3.22. The van der Waals surface area contributed by atoms with Gasteiger partial charge in [0.2, 0.25) is 5.95 Å². The second-order valence-corrected chi connectivity index (χ2v) is 6.46. The molecule has 0 unspecified atom stereocenters. The zero-order chi connectivity index (χ0) is 19.2. The Bertz CT molecular complexity index is 925. The Kier molecular flexibility index (Phi) is 5.81. The molecule has 0 aliphatic rings. The van der Waals surface area contributed by atoms with E-state index in [1.807, 2.05) is 75.4 Å². The second-order valence-electron chi connectivity index (χ2n) is 6.46. The molecule has 0 spiro atoms. The number of aryl methyl sites for hydroxylation is 2. The molecular weight excluding hydrogens is 336 g/mol.